The first kappa shape index (κ1) is 33.4. The second kappa shape index (κ2) is 12.0. The van der Waals surface area contributed by atoms with E-state index in [2.05, 4.69) is 10.2 Å². The highest BCUT2D eigenvalue weighted by atomic mass is 32.2. The van der Waals surface area contributed by atoms with Crippen molar-refractivity contribution in [1.29, 1.82) is 0 Å². The number of ether oxygens (including phenoxy) is 1. The zero-order valence-corrected chi connectivity index (χ0v) is 30.1. The van der Waals surface area contributed by atoms with Crippen LogP contribution >= 0.6 is 0 Å². The van der Waals surface area contributed by atoms with E-state index in [4.69, 9.17) is 19.1 Å². The number of furan rings is 1. The number of nitrogens with one attached hydrogen (secondary N) is 1. The van der Waals surface area contributed by atoms with E-state index in [1.54, 1.807) is 43.3 Å². The minimum atomic E-state index is -3.81. The monoisotopic (exact) mass is 736 g/mol. The van der Waals surface area contributed by atoms with Crippen LogP contribution in [-0.2, 0) is 21.3 Å². The van der Waals surface area contributed by atoms with Gasteiger partial charge in [-0.1, -0.05) is 12.1 Å². The molecule has 14 heteroatoms. The fourth-order valence-corrected chi connectivity index (χ4v) is 8.31. The Morgan fingerprint density at radius 3 is 2.55 bits per heavy atom. The number of rotatable bonds is 7. The zero-order valence-electron chi connectivity index (χ0n) is 29.3. The number of anilines is 1. The van der Waals surface area contributed by atoms with Crippen molar-refractivity contribution in [2.24, 2.45) is 0 Å². The molecule has 2 bridgehead atoms. The normalized spacial score (nSPS) is 17.5. The minimum Gasteiger partial charge on any atom is -0.455 e. The number of carbonyl (C=O) groups excluding carboxylic acids is 1. The summed E-state index contributed by atoms with van der Waals surface area (Å²) in [5, 5.41) is 3.38. The summed E-state index contributed by atoms with van der Waals surface area (Å²) < 4.78 is 71.8. The summed E-state index contributed by atoms with van der Waals surface area (Å²) >= 11 is 0. The molecule has 6 heterocycles. The minimum absolute atomic E-state index is 0.00607. The number of sulfonamides is 1. The van der Waals surface area contributed by atoms with E-state index >= 15 is 8.78 Å². The number of morpholine rings is 1. The summed E-state index contributed by atoms with van der Waals surface area (Å²) in [6.45, 7) is 3.75. The Kier molecular flexibility index (Phi) is 7.59. The van der Waals surface area contributed by atoms with E-state index in [9.17, 15) is 13.2 Å². The number of halogens is 2. The van der Waals surface area contributed by atoms with Gasteiger partial charge in [-0.3, -0.25) is 18.4 Å². The van der Waals surface area contributed by atoms with Crippen molar-refractivity contribution in [2.75, 3.05) is 37.8 Å². The molecule has 7 aromatic rings. The number of fused-ring (bicyclic) bond motifs is 8. The molecular weight excluding hydrogens is 703 g/mol. The molecule has 0 spiro atoms. The van der Waals surface area contributed by atoms with Crippen LogP contribution < -0.4 is 9.62 Å². The number of hydrogen-bond acceptors (Lipinski definition) is 8. The fourth-order valence-electron chi connectivity index (χ4n) is 7.80. The Labute approximate surface area is 302 Å². The maximum atomic E-state index is 15.4. The lowest BCUT2D eigenvalue weighted by Gasteiger charge is -2.26. The van der Waals surface area contributed by atoms with Gasteiger partial charge in [0.2, 0.25) is 10.0 Å². The van der Waals surface area contributed by atoms with Gasteiger partial charge in [0.1, 0.15) is 28.6 Å². The molecule has 11 nitrogen and oxygen atoms in total. The van der Waals surface area contributed by atoms with Crippen LogP contribution in [0.15, 0.2) is 71.1 Å². The van der Waals surface area contributed by atoms with Gasteiger partial charge in [-0.2, -0.15) is 0 Å². The second-order valence-electron chi connectivity index (χ2n) is 13.9. The molecule has 9 rings (SSSR count). The van der Waals surface area contributed by atoms with Gasteiger partial charge in [-0.25, -0.2) is 27.2 Å². The van der Waals surface area contributed by atoms with E-state index in [-0.39, 0.29) is 46.1 Å². The van der Waals surface area contributed by atoms with Crippen molar-refractivity contribution in [2.45, 2.75) is 32.0 Å². The van der Waals surface area contributed by atoms with Crippen LogP contribution in [0.4, 0.5) is 14.5 Å². The summed E-state index contributed by atoms with van der Waals surface area (Å²) in [6.07, 6.45) is 2.24. The highest BCUT2D eigenvalue weighted by molar-refractivity contribution is 7.92. The number of carbonyl (C=O) groups is 1. The standard InChI is InChI=1S/C39H34F2N6O5S/c1-20-8-9-23(28(41)12-20)38-36(39(48)42-2)26-14-25(32(16-34(26)52-38)45(3)53(4,49)50)29-10-11-30-37(44-29)33-15-24-27(40)6-5-7-31(24)47(33)35(43-30)18-46-17-22-13-21(46)19-51-22/h5-12,14-16,21-22H,13,17-19H2,1-4H3,(H,42,48). The SMILES string of the molecule is CNC(=O)c1c(-c2ccc(C)cc2F)oc2cc(N(C)S(C)(=O)=O)c(-c3ccc4nc(CN5CC6CC5CO6)n5c6cccc(F)c6cc5c4n3)cc12. The molecule has 0 saturated carbocycles. The van der Waals surface area contributed by atoms with E-state index in [0.29, 0.717) is 62.8 Å². The molecule has 4 aromatic heterocycles. The molecule has 270 valence electrons. The van der Waals surface area contributed by atoms with Gasteiger partial charge in [-0.05, 0) is 67.4 Å². The predicted molar refractivity (Wildman–Crippen MR) is 198 cm³/mol. The van der Waals surface area contributed by atoms with Crippen molar-refractivity contribution in [3.8, 4) is 22.6 Å². The molecule has 2 atom stereocenters. The van der Waals surface area contributed by atoms with Crippen molar-refractivity contribution >= 4 is 60.0 Å². The number of hydrogen-bond donors (Lipinski definition) is 1. The Balaban J connectivity index is 1.29. The Morgan fingerprint density at radius 2 is 1.83 bits per heavy atom. The van der Waals surface area contributed by atoms with E-state index in [1.807, 2.05) is 16.5 Å². The molecule has 53 heavy (non-hydrogen) atoms. The maximum Gasteiger partial charge on any atom is 0.255 e. The number of likely N-dealkylation sites (tertiary alicyclic amines) is 1. The quantitative estimate of drug-likeness (QED) is 0.199. The Hall–Kier alpha value is -5.44. The van der Waals surface area contributed by atoms with Crippen LogP contribution in [0.1, 0.15) is 28.2 Å². The van der Waals surface area contributed by atoms with Crippen LogP contribution in [0.5, 0.6) is 0 Å². The molecule has 2 aliphatic heterocycles. The fraction of sp³-hybridized carbons (Fsp3) is 0.256. The molecule has 2 unspecified atom stereocenters. The molecule has 2 fully saturated rings. The second-order valence-corrected chi connectivity index (χ2v) is 15.9. The van der Waals surface area contributed by atoms with Crippen molar-refractivity contribution in [3.05, 3.63) is 95.3 Å². The molecule has 3 aromatic carbocycles. The molecule has 1 amide bonds. The first-order valence-electron chi connectivity index (χ1n) is 17.2. The van der Waals surface area contributed by atoms with Gasteiger partial charge in [0.25, 0.3) is 5.91 Å². The third-order valence-electron chi connectivity index (χ3n) is 10.5. The lowest BCUT2D eigenvalue weighted by atomic mass is 10.00. The first-order valence-corrected chi connectivity index (χ1v) is 19.0. The molecule has 0 radical (unpaired) electrons. The molecular formula is C39H34F2N6O5S. The van der Waals surface area contributed by atoms with Crippen LogP contribution in [0.3, 0.4) is 0 Å². The van der Waals surface area contributed by atoms with Crippen LogP contribution in [0.2, 0.25) is 0 Å². The molecule has 1 N–H and O–H groups in total. The van der Waals surface area contributed by atoms with Crippen molar-refractivity contribution in [1.82, 2.24) is 24.6 Å². The number of amides is 1. The van der Waals surface area contributed by atoms with Crippen LogP contribution in [0, 0.1) is 18.6 Å². The predicted octanol–water partition coefficient (Wildman–Crippen LogP) is 6.43. The van der Waals surface area contributed by atoms with Gasteiger partial charge >= 0.3 is 0 Å². The van der Waals surface area contributed by atoms with Crippen LogP contribution in [-0.4, -0.2) is 79.2 Å². The average molecular weight is 737 g/mol. The van der Waals surface area contributed by atoms with Gasteiger partial charge in [-0.15, -0.1) is 0 Å². The third-order valence-corrected chi connectivity index (χ3v) is 11.7. The maximum absolute atomic E-state index is 15.4. The van der Waals surface area contributed by atoms with E-state index < -0.39 is 21.7 Å². The van der Waals surface area contributed by atoms with E-state index in [0.717, 1.165) is 29.4 Å². The highest BCUT2D eigenvalue weighted by Crippen LogP contribution is 2.42. The van der Waals surface area contributed by atoms with Crippen LogP contribution in [0.25, 0.3) is 61.0 Å². The topological polar surface area (TPSA) is 122 Å². The Morgan fingerprint density at radius 1 is 1.00 bits per heavy atom. The van der Waals surface area contributed by atoms with Gasteiger partial charge < -0.3 is 14.5 Å². The Bertz CT molecular complexity index is 2800. The lowest BCUT2D eigenvalue weighted by Crippen LogP contribution is -2.37. The first-order chi connectivity index (χ1) is 25.4. The molecule has 0 aliphatic carbocycles. The third kappa shape index (κ3) is 5.34. The summed E-state index contributed by atoms with van der Waals surface area (Å²) in [4.78, 5) is 25.9. The van der Waals surface area contributed by atoms with Crippen molar-refractivity contribution < 1.29 is 31.1 Å². The van der Waals surface area contributed by atoms with Gasteiger partial charge in [0.05, 0.1) is 64.6 Å². The smallest absolute Gasteiger partial charge is 0.255 e. The number of pyridine rings is 1. The van der Waals surface area contributed by atoms with Gasteiger partial charge in [0.15, 0.2) is 5.76 Å². The lowest BCUT2D eigenvalue weighted by molar-refractivity contribution is 0.0262. The number of benzene rings is 3. The van der Waals surface area contributed by atoms with Crippen molar-refractivity contribution in [3.63, 3.8) is 0 Å². The summed E-state index contributed by atoms with van der Waals surface area (Å²) in [5.41, 5.74) is 4.34. The molecule has 2 aliphatic rings. The number of nitrogens with zero attached hydrogens (tertiary/aromatic N) is 5. The summed E-state index contributed by atoms with van der Waals surface area (Å²) in [6, 6.07) is 18.3. The summed E-state index contributed by atoms with van der Waals surface area (Å²) in [7, 11) is -0.933. The average Bonchev–Trinajstić information content (AvgIpc) is 3.92. The van der Waals surface area contributed by atoms with E-state index in [1.165, 1.54) is 32.3 Å². The van der Waals surface area contributed by atoms with Gasteiger partial charge in [0, 0.05) is 49.1 Å². The largest absolute Gasteiger partial charge is 0.455 e. The molecule has 2 saturated heterocycles. The number of aryl methyl sites for hydroxylation is 1. The number of aromatic nitrogens is 3. The summed E-state index contributed by atoms with van der Waals surface area (Å²) in [5.74, 6) is -0.722. The zero-order chi connectivity index (χ0) is 36.9. The highest BCUT2D eigenvalue weighted by Gasteiger charge is 2.39.